The standard InChI is InChI=1S/C16H19FN2O5S2/c1-11(2)18-26(22,23)14-8-9-16(24-3)15(10-14)19-25(20,21)13-6-4-12(17)5-7-13/h4-11,18-19H,1-3H3. The zero-order valence-electron chi connectivity index (χ0n) is 14.4. The molecule has 0 radical (unpaired) electrons. The number of hydrogen-bond acceptors (Lipinski definition) is 5. The maximum absolute atomic E-state index is 13.0. The fraction of sp³-hybridized carbons (Fsp3) is 0.250. The highest BCUT2D eigenvalue weighted by Crippen LogP contribution is 2.29. The SMILES string of the molecule is COc1ccc(S(=O)(=O)NC(C)C)cc1NS(=O)(=O)c1ccc(F)cc1. The Hall–Kier alpha value is -2.17. The summed E-state index contributed by atoms with van der Waals surface area (Å²) in [5.74, 6) is -0.437. The van der Waals surface area contributed by atoms with Crippen molar-refractivity contribution in [1.29, 1.82) is 0 Å². The Morgan fingerprint density at radius 1 is 0.923 bits per heavy atom. The summed E-state index contributed by atoms with van der Waals surface area (Å²) >= 11 is 0. The predicted octanol–water partition coefficient (Wildman–Crippen LogP) is 2.32. The molecule has 0 aliphatic heterocycles. The van der Waals surface area contributed by atoms with Gasteiger partial charge in [-0.15, -0.1) is 0 Å². The zero-order valence-corrected chi connectivity index (χ0v) is 16.0. The van der Waals surface area contributed by atoms with Gasteiger partial charge in [0.2, 0.25) is 10.0 Å². The van der Waals surface area contributed by atoms with Gasteiger partial charge in [-0.2, -0.15) is 0 Å². The Labute approximate surface area is 152 Å². The van der Waals surface area contributed by atoms with Crippen molar-refractivity contribution in [3.05, 3.63) is 48.3 Å². The second-order valence-corrected chi connectivity index (χ2v) is 9.09. The van der Waals surface area contributed by atoms with E-state index in [0.29, 0.717) is 0 Å². The molecule has 0 aliphatic rings. The Kier molecular flexibility index (Phi) is 5.89. The number of nitrogens with one attached hydrogen (secondary N) is 2. The van der Waals surface area contributed by atoms with E-state index < -0.39 is 25.9 Å². The Balaban J connectivity index is 2.45. The molecule has 0 aromatic heterocycles. The van der Waals surface area contributed by atoms with Crippen molar-refractivity contribution in [3.8, 4) is 5.75 Å². The summed E-state index contributed by atoms with van der Waals surface area (Å²) in [7, 11) is -6.56. The van der Waals surface area contributed by atoms with E-state index in [1.54, 1.807) is 13.8 Å². The first-order chi connectivity index (χ1) is 12.0. The lowest BCUT2D eigenvalue weighted by atomic mass is 10.3. The molecule has 0 fully saturated rings. The first-order valence-electron chi connectivity index (χ1n) is 7.54. The van der Waals surface area contributed by atoms with E-state index in [2.05, 4.69) is 9.44 Å². The van der Waals surface area contributed by atoms with E-state index in [9.17, 15) is 21.2 Å². The number of sulfonamides is 2. The van der Waals surface area contributed by atoms with E-state index in [1.165, 1.54) is 19.2 Å². The Bertz CT molecular complexity index is 988. The van der Waals surface area contributed by atoms with Crippen molar-refractivity contribution in [2.45, 2.75) is 29.7 Å². The van der Waals surface area contributed by atoms with Gasteiger partial charge in [0.25, 0.3) is 10.0 Å². The molecule has 0 aliphatic carbocycles. The average Bonchev–Trinajstić information content (AvgIpc) is 2.53. The van der Waals surface area contributed by atoms with Gasteiger partial charge < -0.3 is 4.74 Å². The molecule has 0 saturated heterocycles. The number of benzene rings is 2. The molecule has 2 aromatic rings. The lowest BCUT2D eigenvalue weighted by molar-refractivity contribution is 0.416. The van der Waals surface area contributed by atoms with E-state index >= 15 is 0 Å². The molecule has 10 heteroatoms. The van der Waals surface area contributed by atoms with Crippen molar-refractivity contribution in [1.82, 2.24) is 4.72 Å². The molecule has 0 bridgehead atoms. The van der Waals surface area contributed by atoms with Gasteiger partial charge in [-0.1, -0.05) is 0 Å². The van der Waals surface area contributed by atoms with Gasteiger partial charge in [-0.3, -0.25) is 4.72 Å². The van der Waals surface area contributed by atoms with Crippen LogP contribution < -0.4 is 14.2 Å². The van der Waals surface area contributed by atoms with Crippen LogP contribution in [-0.2, 0) is 20.0 Å². The summed E-state index contributed by atoms with van der Waals surface area (Å²) in [6, 6.07) is 7.71. The van der Waals surface area contributed by atoms with Crippen LogP contribution in [0.5, 0.6) is 5.75 Å². The van der Waals surface area contributed by atoms with Crippen LogP contribution in [0.1, 0.15) is 13.8 Å². The zero-order chi connectivity index (χ0) is 19.5. The fourth-order valence-electron chi connectivity index (χ4n) is 2.13. The molecule has 0 atom stereocenters. The first-order valence-corrected chi connectivity index (χ1v) is 10.5. The quantitative estimate of drug-likeness (QED) is 0.740. The third kappa shape index (κ3) is 4.71. The molecule has 0 unspecified atom stereocenters. The van der Waals surface area contributed by atoms with Crippen LogP contribution in [0, 0.1) is 5.82 Å². The second kappa shape index (κ2) is 7.60. The van der Waals surface area contributed by atoms with Crippen LogP contribution in [0.4, 0.5) is 10.1 Å². The van der Waals surface area contributed by atoms with E-state index in [-0.39, 0.29) is 27.3 Å². The fourth-order valence-corrected chi connectivity index (χ4v) is 4.47. The highest BCUT2D eigenvalue weighted by molar-refractivity contribution is 7.92. The van der Waals surface area contributed by atoms with Gasteiger partial charge >= 0.3 is 0 Å². The molecular weight excluding hydrogens is 383 g/mol. The van der Waals surface area contributed by atoms with Crippen LogP contribution in [-0.4, -0.2) is 30.0 Å². The Morgan fingerprint density at radius 3 is 2.04 bits per heavy atom. The molecule has 2 N–H and O–H groups in total. The van der Waals surface area contributed by atoms with Crippen molar-refractivity contribution in [2.24, 2.45) is 0 Å². The predicted molar refractivity (Wildman–Crippen MR) is 95.7 cm³/mol. The lowest BCUT2D eigenvalue weighted by Gasteiger charge is -2.15. The lowest BCUT2D eigenvalue weighted by Crippen LogP contribution is -2.30. The molecular formula is C16H19FN2O5S2. The number of rotatable bonds is 7. The normalized spacial score (nSPS) is 12.2. The average molecular weight is 402 g/mol. The molecule has 0 saturated carbocycles. The summed E-state index contributed by atoms with van der Waals surface area (Å²) in [4.78, 5) is -0.293. The summed E-state index contributed by atoms with van der Waals surface area (Å²) in [6.45, 7) is 3.33. The van der Waals surface area contributed by atoms with E-state index in [1.807, 2.05) is 0 Å². The minimum atomic E-state index is -4.06. The van der Waals surface area contributed by atoms with Gasteiger partial charge in [0, 0.05) is 6.04 Å². The van der Waals surface area contributed by atoms with Crippen LogP contribution in [0.3, 0.4) is 0 Å². The Morgan fingerprint density at radius 2 is 1.50 bits per heavy atom. The minimum absolute atomic E-state index is 0.0524. The van der Waals surface area contributed by atoms with Crippen molar-refractivity contribution >= 4 is 25.7 Å². The molecule has 7 nitrogen and oxygen atoms in total. The molecule has 2 aromatic carbocycles. The molecule has 26 heavy (non-hydrogen) atoms. The second-order valence-electron chi connectivity index (χ2n) is 5.70. The van der Waals surface area contributed by atoms with Gasteiger partial charge in [0.1, 0.15) is 11.6 Å². The summed E-state index contributed by atoms with van der Waals surface area (Å²) in [6.07, 6.45) is 0. The molecule has 0 amide bonds. The van der Waals surface area contributed by atoms with Gasteiger partial charge in [-0.25, -0.2) is 25.9 Å². The smallest absolute Gasteiger partial charge is 0.262 e. The maximum atomic E-state index is 13.0. The number of hydrogen-bond donors (Lipinski definition) is 2. The minimum Gasteiger partial charge on any atom is -0.495 e. The summed E-state index contributed by atoms with van der Waals surface area (Å²) < 4.78 is 72.3. The van der Waals surface area contributed by atoms with Gasteiger partial charge in [0.05, 0.1) is 22.6 Å². The number of ether oxygens (including phenoxy) is 1. The highest BCUT2D eigenvalue weighted by atomic mass is 32.2. The molecule has 0 heterocycles. The number of methoxy groups -OCH3 is 1. The summed E-state index contributed by atoms with van der Waals surface area (Å²) in [5, 5.41) is 0. The monoisotopic (exact) mass is 402 g/mol. The first kappa shape index (κ1) is 20.1. The number of anilines is 1. The molecule has 0 spiro atoms. The molecule has 142 valence electrons. The van der Waals surface area contributed by atoms with Crippen LogP contribution in [0.15, 0.2) is 52.3 Å². The van der Waals surface area contributed by atoms with Crippen LogP contribution >= 0.6 is 0 Å². The van der Waals surface area contributed by atoms with E-state index in [0.717, 1.165) is 30.3 Å². The van der Waals surface area contributed by atoms with E-state index in [4.69, 9.17) is 4.74 Å². The summed E-state index contributed by atoms with van der Waals surface area (Å²) in [5.41, 5.74) is -0.0524. The number of halogens is 1. The van der Waals surface area contributed by atoms with Gasteiger partial charge in [-0.05, 0) is 56.3 Å². The largest absolute Gasteiger partial charge is 0.495 e. The highest BCUT2D eigenvalue weighted by Gasteiger charge is 2.21. The van der Waals surface area contributed by atoms with Crippen LogP contribution in [0.2, 0.25) is 0 Å². The van der Waals surface area contributed by atoms with Crippen molar-refractivity contribution in [3.63, 3.8) is 0 Å². The topological polar surface area (TPSA) is 102 Å². The molecule has 2 rings (SSSR count). The third-order valence-corrected chi connectivity index (χ3v) is 6.28. The maximum Gasteiger partial charge on any atom is 0.262 e. The van der Waals surface area contributed by atoms with Crippen LogP contribution in [0.25, 0.3) is 0 Å². The van der Waals surface area contributed by atoms with Crippen molar-refractivity contribution in [2.75, 3.05) is 11.8 Å². The van der Waals surface area contributed by atoms with Gasteiger partial charge in [0.15, 0.2) is 0 Å². The van der Waals surface area contributed by atoms with Crippen molar-refractivity contribution < 1.29 is 26.0 Å². The third-order valence-electron chi connectivity index (χ3n) is 3.24.